The summed E-state index contributed by atoms with van der Waals surface area (Å²) >= 11 is 0. The number of alkyl carbamates (subject to hydrolysis) is 2. The van der Waals surface area contributed by atoms with Crippen LogP contribution in [0.5, 0.6) is 0 Å². The molecule has 4 N–H and O–H groups in total. The molecule has 2 aromatic heterocycles. The van der Waals surface area contributed by atoms with Gasteiger partial charge in [0.25, 0.3) is 5.92 Å². The third-order valence-corrected chi connectivity index (χ3v) is 14.7. The zero-order valence-electron chi connectivity index (χ0n) is 37.7. The molecule has 17 heteroatoms. The average molecular weight is 925 g/mol. The molecule has 0 radical (unpaired) electrons. The van der Waals surface area contributed by atoms with E-state index in [4.69, 9.17) is 19.4 Å². The molecule has 4 heterocycles. The van der Waals surface area contributed by atoms with Crippen LogP contribution in [-0.4, -0.2) is 92.6 Å². The molecule has 3 aromatic carbocycles. The molecule has 2 aliphatic heterocycles. The van der Waals surface area contributed by atoms with Gasteiger partial charge in [0.15, 0.2) is 0 Å². The second-order valence-corrected chi connectivity index (χ2v) is 19.4. The maximum absolute atomic E-state index is 16.7. The number of amides is 4. The molecule has 5 aromatic rings. The van der Waals surface area contributed by atoms with Crippen LogP contribution in [0.4, 0.5) is 18.4 Å². The van der Waals surface area contributed by atoms with E-state index in [1.807, 2.05) is 62.9 Å². The third kappa shape index (κ3) is 7.54. The van der Waals surface area contributed by atoms with Crippen molar-refractivity contribution in [3.05, 3.63) is 83.6 Å². The predicted molar refractivity (Wildman–Crippen MR) is 245 cm³/mol. The monoisotopic (exact) mass is 924 g/mol. The standard InChI is InChI=1S/C49H54F2N8O6.ClH/c1-24(2)39(56-46(62)64-5)44(60)58-23-48(15-16-48)21-38(58)42-52-22-37(55-42)28-9-13-32-31-12-8-26(18-33(31)49(50,51)34(32)19-28)27-10-14-35-36(20-27)54-43(53-35)41-29-7-11-30(17-29)59(41)45(61)40(25(3)4)57-47(63)65-6;/h8-10,12-14,18-20,22,24-25,29-30,38-41H,7,11,15-17,21,23H2,1-6H3,(H,52,55)(H,53,54)(H,56,62)(H,57,63);1H/t29-,30+,38-,39-,40-,41-;/m0./s1. The fraction of sp³-hybridized carbons (Fsp3) is 0.469. The number of imidazole rings is 2. The Morgan fingerprint density at radius 1 is 0.788 bits per heavy atom. The highest BCUT2D eigenvalue weighted by Gasteiger charge is 2.56. The second kappa shape index (κ2) is 16.7. The lowest BCUT2D eigenvalue weighted by Gasteiger charge is -2.37. The lowest BCUT2D eigenvalue weighted by molar-refractivity contribution is -0.139. The Kier molecular flexibility index (Phi) is 11.4. The summed E-state index contributed by atoms with van der Waals surface area (Å²) in [6, 6.07) is 13.8. The van der Waals surface area contributed by atoms with Crippen LogP contribution in [-0.2, 0) is 25.0 Å². The van der Waals surface area contributed by atoms with Crippen LogP contribution in [0, 0.1) is 23.2 Å². The summed E-state index contributed by atoms with van der Waals surface area (Å²) in [5, 5.41) is 5.43. The van der Waals surface area contributed by atoms with E-state index in [-0.39, 0.29) is 76.6 Å². The number of fused-ring (bicyclic) bond motifs is 6. The summed E-state index contributed by atoms with van der Waals surface area (Å²) in [4.78, 5) is 72.6. The number of rotatable bonds is 10. The highest BCUT2D eigenvalue weighted by molar-refractivity contribution is 5.89. The molecule has 10 rings (SSSR count). The smallest absolute Gasteiger partial charge is 0.407 e. The SMILES string of the molecule is COC(=O)N[C@H](C(=O)N1CC2(CC2)C[C@H]1c1ncc(-c2ccc3c(c2)C(F)(F)c2cc(-c4ccc5nc([C@@H]6[C@H]7CC[C@H](C7)N6C(=O)[C@@H](NC(=O)OC)C(C)C)[nH]c5c4)ccc2-3)[nH]1)C(C)C.Cl. The van der Waals surface area contributed by atoms with Gasteiger partial charge in [0.2, 0.25) is 11.8 Å². The molecule has 2 bridgehead atoms. The zero-order chi connectivity index (χ0) is 45.7. The van der Waals surface area contributed by atoms with E-state index in [1.165, 1.54) is 20.3 Å². The van der Waals surface area contributed by atoms with Gasteiger partial charge in [-0.3, -0.25) is 9.59 Å². The number of nitrogens with one attached hydrogen (secondary N) is 4. The van der Waals surface area contributed by atoms with Crippen molar-refractivity contribution in [1.82, 2.24) is 40.4 Å². The van der Waals surface area contributed by atoms with Crippen LogP contribution < -0.4 is 10.6 Å². The number of aromatic amines is 2. The number of aromatic nitrogens is 4. The van der Waals surface area contributed by atoms with Crippen molar-refractivity contribution in [2.75, 3.05) is 20.8 Å². The Bertz CT molecular complexity index is 2750. The zero-order valence-corrected chi connectivity index (χ0v) is 38.6. The van der Waals surface area contributed by atoms with E-state index in [2.05, 4.69) is 20.6 Å². The lowest BCUT2D eigenvalue weighted by Crippen LogP contribution is -2.54. The number of carbonyl (C=O) groups excluding carboxylic acids is 4. The second-order valence-electron chi connectivity index (χ2n) is 19.4. The predicted octanol–water partition coefficient (Wildman–Crippen LogP) is 9.03. The van der Waals surface area contributed by atoms with Gasteiger partial charge in [-0.2, -0.15) is 8.78 Å². The topological polar surface area (TPSA) is 175 Å². The van der Waals surface area contributed by atoms with Gasteiger partial charge in [0, 0.05) is 29.3 Å². The first kappa shape index (κ1) is 45.1. The molecule has 1 spiro atoms. The van der Waals surface area contributed by atoms with E-state index in [1.54, 1.807) is 29.3 Å². The van der Waals surface area contributed by atoms with E-state index in [9.17, 15) is 19.2 Å². The van der Waals surface area contributed by atoms with Gasteiger partial charge in [-0.1, -0.05) is 58.0 Å². The Morgan fingerprint density at radius 2 is 1.39 bits per heavy atom. The highest BCUT2D eigenvalue weighted by atomic mass is 35.5. The first-order chi connectivity index (χ1) is 31.1. The van der Waals surface area contributed by atoms with E-state index >= 15 is 8.78 Å². The molecule has 4 fully saturated rings. The van der Waals surface area contributed by atoms with Crippen LogP contribution in [0.25, 0.3) is 44.5 Å². The van der Waals surface area contributed by atoms with Crippen molar-refractivity contribution in [3.63, 3.8) is 0 Å². The minimum atomic E-state index is -3.29. The quantitative estimate of drug-likeness (QED) is 0.107. The Balaban J connectivity index is 0.00000548. The average Bonchev–Trinajstić information content (AvgIpc) is 3.95. The normalized spacial score (nSPS) is 22.6. The molecule has 5 aliphatic rings. The molecule has 66 heavy (non-hydrogen) atoms. The largest absolute Gasteiger partial charge is 0.453 e. The molecule has 14 nitrogen and oxygen atoms in total. The number of nitrogens with zero attached hydrogens (tertiary/aromatic N) is 4. The third-order valence-electron chi connectivity index (χ3n) is 14.7. The van der Waals surface area contributed by atoms with E-state index in [0.29, 0.717) is 51.7 Å². The van der Waals surface area contributed by atoms with Gasteiger partial charge in [-0.25, -0.2) is 19.6 Å². The van der Waals surface area contributed by atoms with E-state index in [0.717, 1.165) is 49.6 Å². The number of hydrogen-bond donors (Lipinski definition) is 4. The summed E-state index contributed by atoms with van der Waals surface area (Å²) in [5.74, 6) is -2.53. The van der Waals surface area contributed by atoms with Crippen molar-refractivity contribution >= 4 is 47.4 Å². The lowest BCUT2D eigenvalue weighted by atomic mass is 9.95. The van der Waals surface area contributed by atoms with E-state index < -0.39 is 30.2 Å². The maximum Gasteiger partial charge on any atom is 0.407 e. The van der Waals surface area contributed by atoms with Crippen LogP contribution in [0.1, 0.15) is 101 Å². The van der Waals surface area contributed by atoms with Gasteiger partial charge in [0.05, 0.1) is 49.2 Å². The summed E-state index contributed by atoms with van der Waals surface area (Å²) in [6.07, 6.45) is 5.75. The summed E-state index contributed by atoms with van der Waals surface area (Å²) in [5.41, 5.74) is 4.68. The molecule has 3 aliphatic carbocycles. The molecule has 6 atom stereocenters. The Hall–Kier alpha value is -6.03. The number of ether oxygens (including phenoxy) is 2. The number of methoxy groups -OCH3 is 2. The van der Waals surface area contributed by atoms with Crippen LogP contribution >= 0.6 is 12.4 Å². The molecule has 348 valence electrons. The van der Waals surface area contributed by atoms with Crippen molar-refractivity contribution in [1.29, 1.82) is 0 Å². The number of alkyl halides is 2. The number of halogens is 3. The van der Waals surface area contributed by atoms with Gasteiger partial charge in [-0.05, 0) is 108 Å². The van der Waals surface area contributed by atoms with Gasteiger partial charge >= 0.3 is 12.2 Å². The minimum Gasteiger partial charge on any atom is -0.453 e. The number of benzene rings is 3. The number of piperidine rings is 1. The minimum absolute atomic E-state index is 0. The molecular weight excluding hydrogens is 870 g/mol. The Morgan fingerprint density at radius 3 is 2.03 bits per heavy atom. The van der Waals surface area contributed by atoms with Crippen LogP contribution in [0.3, 0.4) is 0 Å². The van der Waals surface area contributed by atoms with Crippen molar-refractivity contribution in [3.8, 4) is 33.5 Å². The number of likely N-dealkylation sites (tertiary alicyclic amines) is 2. The summed E-state index contributed by atoms with van der Waals surface area (Å²) in [7, 11) is 2.54. The molecule has 2 saturated carbocycles. The number of hydrogen-bond acceptors (Lipinski definition) is 8. The van der Waals surface area contributed by atoms with Crippen LogP contribution in [0.15, 0.2) is 60.8 Å². The van der Waals surface area contributed by atoms with Gasteiger partial charge in [-0.15, -0.1) is 12.4 Å². The van der Waals surface area contributed by atoms with Gasteiger partial charge in [0.1, 0.15) is 23.7 Å². The summed E-state index contributed by atoms with van der Waals surface area (Å²) < 4.78 is 43.0. The first-order valence-electron chi connectivity index (χ1n) is 22.6. The van der Waals surface area contributed by atoms with Crippen molar-refractivity contribution in [2.24, 2.45) is 23.2 Å². The summed E-state index contributed by atoms with van der Waals surface area (Å²) in [6.45, 7) is 8.09. The van der Waals surface area contributed by atoms with Crippen molar-refractivity contribution in [2.45, 2.75) is 102 Å². The maximum atomic E-state index is 16.7. The molecule has 4 amide bonds. The van der Waals surface area contributed by atoms with Crippen LogP contribution in [0.2, 0.25) is 0 Å². The van der Waals surface area contributed by atoms with Gasteiger partial charge < -0.3 is 39.9 Å². The number of H-pyrrole nitrogens is 2. The first-order valence-corrected chi connectivity index (χ1v) is 22.6. The fourth-order valence-electron chi connectivity index (χ4n) is 11.0. The highest BCUT2D eigenvalue weighted by Crippen LogP contribution is 2.59. The molecule has 2 saturated heterocycles. The molecular formula is C49H55ClF2N8O6. The Labute approximate surface area is 387 Å². The molecule has 0 unspecified atom stereocenters. The number of carbonyl (C=O) groups is 4. The fourth-order valence-corrected chi connectivity index (χ4v) is 11.0. The van der Waals surface area contributed by atoms with Crippen molar-refractivity contribution < 1.29 is 37.4 Å².